The van der Waals surface area contributed by atoms with Crippen molar-refractivity contribution in [3.8, 4) is 11.4 Å². The number of nitrogens with zero attached hydrogens (tertiary/aromatic N) is 2. The summed E-state index contributed by atoms with van der Waals surface area (Å²) in [5.41, 5.74) is 4.39. The minimum atomic E-state index is -0.408. The number of carbonyl (C=O) groups excluding carboxylic acids is 1. The number of nitrogens with one attached hydrogen (secondary N) is 2. The van der Waals surface area contributed by atoms with E-state index >= 15 is 0 Å². The van der Waals surface area contributed by atoms with E-state index in [1.807, 2.05) is 32.9 Å². The fourth-order valence-corrected chi connectivity index (χ4v) is 3.61. The number of H-pyrrole nitrogens is 1. The van der Waals surface area contributed by atoms with Gasteiger partial charge >= 0.3 is 0 Å². The Bertz CT molecular complexity index is 963. The molecule has 0 saturated carbocycles. The van der Waals surface area contributed by atoms with Crippen molar-refractivity contribution in [2.24, 2.45) is 0 Å². The lowest BCUT2D eigenvalue weighted by Crippen LogP contribution is -2.23. The molecule has 1 heterocycles. The maximum atomic E-state index is 13.9. The van der Waals surface area contributed by atoms with E-state index in [1.54, 1.807) is 25.1 Å². The summed E-state index contributed by atoms with van der Waals surface area (Å²) >= 11 is 1.22. The Morgan fingerprint density at radius 1 is 1.19 bits per heavy atom. The number of aromatic amines is 1. The summed E-state index contributed by atoms with van der Waals surface area (Å²) in [5, 5.41) is 9.79. The minimum absolute atomic E-state index is 0.132. The fourth-order valence-electron chi connectivity index (χ4n) is 2.89. The van der Waals surface area contributed by atoms with Gasteiger partial charge in [-0.1, -0.05) is 41.6 Å². The first-order valence-electron chi connectivity index (χ1n) is 8.58. The van der Waals surface area contributed by atoms with Gasteiger partial charge in [0.15, 0.2) is 5.82 Å². The Kier molecular flexibility index (Phi) is 5.60. The number of benzene rings is 2. The molecule has 140 valence electrons. The molecule has 3 rings (SSSR count). The van der Waals surface area contributed by atoms with E-state index in [4.69, 9.17) is 0 Å². The number of carbonyl (C=O) groups is 1. The van der Waals surface area contributed by atoms with Gasteiger partial charge in [-0.25, -0.2) is 9.37 Å². The van der Waals surface area contributed by atoms with Crippen LogP contribution in [0.4, 0.5) is 10.1 Å². The summed E-state index contributed by atoms with van der Waals surface area (Å²) in [6.07, 6.45) is 0. The molecule has 0 aliphatic rings. The van der Waals surface area contributed by atoms with Crippen LogP contribution in [0.25, 0.3) is 11.4 Å². The standard InChI is InChI=1S/C20H21FN4OS/c1-11-9-12(2)17(13(3)10-11)22-19(26)14(4)27-20-23-18(24-25-20)15-7-5-6-8-16(15)21/h5-10,14H,1-4H3,(H,22,26)(H,23,24,25)/t14-/m1/s1. The largest absolute Gasteiger partial charge is 0.325 e. The minimum Gasteiger partial charge on any atom is -0.325 e. The van der Waals surface area contributed by atoms with Crippen LogP contribution in [0.5, 0.6) is 0 Å². The van der Waals surface area contributed by atoms with Crippen molar-refractivity contribution in [2.45, 2.75) is 38.1 Å². The number of amides is 1. The third-order valence-corrected chi connectivity index (χ3v) is 5.13. The van der Waals surface area contributed by atoms with Gasteiger partial charge in [0, 0.05) is 5.69 Å². The monoisotopic (exact) mass is 384 g/mol. The molecule has 3 aromatic rings. The molecular weight excluding hydrogens is 363 g/mol. The summed E-state index contributed by atoms with van der Waals surface area (Å²) < 4.78 is 13.9. The highest BCUT2D eigenvalue weighted by atomic mass is 32.2. The van der Waals surface area contributed by atoms with Gasteiger partial charge in [0.1, 0.15) is 5.82 Å². The quantitative estimate of drug-likeness (QED) is 0.628. The van der Waals surface area contributed by atoms with E-state index in [2.05, 4.69) is 20.5 Å². The van der Waals surface area contributed by atoms with E-state index in [9.17, 15) is 9.18 Å². The van der Waals surface area contributed by atoms with Crippen LogP contribution in [-0.2, 0) is 4.79 Å². The zero-order valence-corrected chi connectivity index (χ0v) is 16.4. The Morgan fingerprint density at radius 2 is 1.85 bits per heavy atom. The van der Waals surface area contributed by atoms with E-state index in [0.29, 0.717) is 16.5 Å². The van der Waals surface area contributed by atoms with Gasteiger partial charge in [0.05, 0.1) is 10.8 Å². The van der Waals surface area contributed by atoms with E-state index in [0.717, 1.165) is 22.4 Å². The third-order valence-electron chi connectivity index (χ3n) is 4.17. The predicted octanol–water partition coefficient (Wildman–Crippen LogP) is 4.66. The van der Waals surface area contributed by atoms with Crippen molar-refractivity contribution in [1.29, 1.82) is 0 Å². The van der Waals surface area contributed by atoms with Crippen molar-refractivity contribution in [3.05, 3.63) is 58.9 Å². The van der Waals surface area contributed by atoms with Gasteiger partial charge < -0.3 is 5.32 Å². The fraction of sp³-hybridized carbons (Fsp3) is 0.250. The second kappa shape index (κ2) is 7.92. The summed E-state index contributed by atoms with van der Waals surface area (Å²) in [4.78, 5) is 16.9. The van der Waals surface area contributed by atoms with Gasteiger partial charge in [-0.2, -0.15) is 0 Å². The Labute approximate surface area is 161 Å². The first-order chi connectivity index (χ1) is 12.8. The molecule has 0 aliphatic heterocycles. The molecule has 5 nitrogen and oxygen atoms in total. The van der Waals surface area contributed by atoms with Gasteiger partial charge in [0.2, 0.25) is 11.1 Å². The normalized spacial score (nSPS) is 12.0. The molecule has 0 aliphatic carbocycles. The molecule has 1 aromatic heterocycles. The number of halogens is 1. The van der Waals surface area contributed by atoms with Crippen LogP contribution in [0.1, 0.15) is 23.6 Å². The third kappa shape index (κ3) is 4.36. The molecule has 2 aromatic carbocycles. The maximum Gasteiger partial charge on any atom is 0.237 e. The average molecular weight is 384 g/mol. The first-order valence-corrected chi connectivity index (χ1v) is 9.46. The Balaban J connectivity index is 1.70. The van der Waals surface area contributed by atoms with Crippen LogP contribution in [0.2, 0.25) is 0 Å². The predicted molar refractivity (Wildman–Crippen MR) is 106 cm³/mol. The molecule has 0 fully saturated rings. The van der Waals surface area contributed by atoms with Crippen LogP contribution >= 0.6 is 11.8 Å². The van der Waals surface area contributed by atoms with Crippen LogP contribution < -0.4 is 5.32 Å². The molecule has 0 spiro atoms. The van der Waals surface area contributed by atoms with Gasteiger partial charge in [-0.3, -0.25) is 9.89 Å². The highest BCUT2D eigenvalue weighted by molar-refractivity contribution is 8.00. The lowest BCUT2D eigenvalue weighted by atomic mass is 10.1. The highest BCUT2D eigenvalue weighted by Gasteiger charge is 2.19. The molecule has 1 amide bonds. The van der Waals surface area contributed by atoms with Crippen LogP contribution in [0.15, 0.2) is 41.6 Å². The van der Waals surface area contributed by atoms with Crippen molar-refractivity contribution in [2.75, 3.05) is 5.32 Å². The summed E-state index contributed by atoms with van der Waals surface area (Å²) in [6, 6.07) is 10.4. The molecular formula is C20H21FN4OS. The van der Waals surface area contributed by atoms with E-state index < -0.39 is 5.25 Å². The summed E-state index contributed by atoms with van der Waals surface area (Å²) in [6.45, 7) is 7.77. The lowest BCUT2D eigenvalue weighted by molar-refractivity contribution is -0.115. The molecule has 0 bridgehead atoms. The number of aryl methyl sites for hydroxylation is 3. The lowest BCUT2D eigenvalue weighted by Gasteiger charge is -2.15. The van der Waals surface area contributed by atoms with E-state index in [-0.39, 0.29) is 11.7 Å². The summed E-state index contributed by atoms with van der Waals surface area (Å²) in [5.74, 6) is -0.165. The van der Waals surface area contributed by atoms with Crippen molar-refractivity contribution in [1.82, 2.24) is 15.2 Å². The molecule has 7 heteroatoms. The first kappa shape index (κ1) is 19.1. The van der Waals surface area contributed by atoms with Crippen LogP contribution in [0.3, 0.4) is 0 Å². The van der Waals surface area contributed by atoms with Crippen LogP contribution in [-0.4, -0.2) is 26.3 Å². The summed E-state index contributed by atoms with van der Waals surface area (Å²) in [7, 11) is 0. The second-order valence-corrected chi connectivity index (χ2v) is 7.78. The number of hydrogen-bond acceptors (Lipinski definition) is 4. The topological polar surface area (TPSA) is 70.7 Å². The van der Waals surface area contributed by atoms with Gasteiger partial charge in [0.25, 0.3) is 0 Å². The number of thioether (sulfide) groups is 1. The van der Waals surface area contributed by atoms with Crippen molar-refractivity contribution >= 4 is 23.4 Å². The van der Waals surface area contributed by atoms with E-state index in [1.165, 1.54) is 17.8 Å². The molecule has 0 saturated heterocycles. The molecule has 2 N–H and O–H groups in total. The zero-order chi connectivity index (χ0) is 19.6. The van der Waals surface area contributed by atoms with Gasteiger partial charge in [-0.15, -0.1) is 5.10 Å². The number of rotatable bonds is 5. The smallest absolute Gasteiger partial charge is 0.237 e. The van der Waals surface area contributed by atoms with Crippen LogP contribution in [0, 0.1) is 26.6 Å². The Morgan fingerprint density at radius 3 is 2.52 bits per heavy atom. The Hall–Kier alpha value is -2.67. The number of hydrogen-bond donors (Lipinski definition) is 2. The zero-order valence-electron chi connectivity index (χ0n) is 15.6. The SMILES string of the molecule is Cc1cc(C)c(NC(=O)[C@@H](C)Sc2n[nH]c(-c3ccccc3F)n2)c(C)c1. The second-order valence-electron chi connectivity index (χ2n) is 6.47. The molecule has 0 unspecified atom stereocenters. The van der Waals surface area contributed by atoms with Gasteiger partial charge in [-0.05, 0) is 51.0 Å². The highest BCUT2D eigenvalue weighted by Crippen LogP contribution is 2.26. The molecule has 1 atom stereocenters. The maximum absolute atomic E-state index is 13.9. The molecule has 27 heavy (non-hydrogen) atoms. The number of anilines is 1. The average Bonchev–Trinajstić information content (AvgIpc) is 3.06. The number of aromatic nitrogens is 3. The molecule has 0 radical (unpaired) electrons. The van der Waals surface area contributed by atoms with Crippen molar-refractivity contribution in [3.63, 3.8) is 0 Å². The van der Waals surface area contributed by atoms with Crippen molar-refractivity contribution < 1.29 is 9.18 Å².